The first-order chi connectivity index (χ1) is 7.13. The van der Waals surface area contributed by atoms with Crippen LogP contribution in [0.5, 0.6) is 0 Å². The predicted molar refractivity (Wildman–Crippen MR) is 62.2 cm³/mol. The van der Waals surface area contributed by atoms with Crippen molar-refractivity contribution < 1.29 is 4.74 Å². The van der Waals surface area contributed by atoms with Crippen molar-refractivity contribution in [3.05, 3.63) is 11.9 Å². The zero-order valence-corrected chi connectivity index (χ0v) is 10.1. The van der Waals surface area contributed by atoms with Crippen LogP contribution in [0.2, 0.25) is 0 Å². The normalized spacial score (nSPS) is 11.0. The molecule has 0 saturated carbocycles. The lowest BCUT2D eigenvalue weighted by atomic mass is 10.4. The van der Waals surface area contributed by atoms with Gasteiger partial charge in [0.1, 0.15) is 0 Å². The largest absolute Gasteiger partial charge is 0.380 e. The van der Waals surface area contributed by atoms with Crippen LogP contribution < -0.4 is 5.32 Å². The number of rotatable bonds is 6. The van der Waals surface area contributed by atoms with Crippen molar-refractivity contribution in [2.45, 2.75) is 40.3 Å². The van der Waals surface area contributed by atoms with Crippen molar-refractivity contribution in [3.8, 4) is 0 Å². The SMILES string of the molecule is CCOCCn1cc(C)nc1NC(C)C. The molecule has 0 aliphatic carbocycles. The molecule has 15 heavy (non-hydrogen) atoms. The Bertz CT molecular complexity index is 294. The highest BCUT2D eigenvalue weighted by Crippen LogP contribution is 2.09. The van der Waals surface area contributed by atoms with Crippen LogP contribution in [0.1, 0.15) is 26.5 Å². The molecule has 1 aromatic rings. The van der Waals surface area contributed by atoms with Gasteiger partial charge in [-0.2, -0.15) is 0 Å². The highest BCUT2D eigenvalue weighted by molar-refractivity contribution is 5.29. The Hall–Kier alpha value is -1.03. The number of imidazole rings is 1. The first kappa shape index (κ1) is 12.0. The molecule has 0 radical (unpaired) electrons. The number of ether oxygens (including phenoxy) is 1. The third-order valence-corrected chi connectivity index (χ3v) is 2.00. The molecule has 0 amide bonds. The topological polar surface area (TPSA) is 39.1 Å². The van der Waals surface area contributed by atoms with E-state index >= 15 is 0 Å². The van der Waals surface area contributed by atoms with Gasteiger partial charge in [-0.25, -0.2) is 4.98 Å². The molecule has 1 rings (SSSR count). The van der Waals surface area contributed by atoms with E-state index in [1.54, 1.807) is 0 Å². The summed E-state index contributed by atoms with van der Waals surface area (Å²) in [5, 5.41) is 3.32. The Morgan fingerprint density at radius 2 is 2.27 bits per heavy atom. The van der Waals surface area contributed by atoms with Crippen molar-refractivity contribution in [2.24, 2.45) is 0 Å². The molecule has 0 aliphatic heterocycles. The highest BCUT2D eigenvalue weighted by Gasteiger charge is 2.05. The van der Waals surface area contributed by atoms with E-state index in [0.717, 1.165) is 31.4 Å². The summed E-state index contributed by atoms with van der Waals surface area (Å²) in [4.78, 5) is 4.43. The summed E-state index contributed by atoms with van der Waals surface area (Å²) in [7, 11) is 0. The molecule has 0 unspecified atom stereocenters. The van der Waals surface area contributed by atoms with Gasteiger partial charge in [0.25, 0.3) is 0 Å². The van der Waals surface area contributed by atoms with E-state index in [0.29, 0.717) is 6.04 Å². The third kappa shape index (κ3) is 3.91. The summed E-state index contributed by atoms with van der Waals surface area (Å²) in [6.45, 7) is 10.6. The predicted octanol–water partition coefficient (Wildman–Crippen LogP) is 2.05. The Morgan fingerprint density at radius 3 is 2.87 bits per heavy atom. The molecule has 0 fully saturated rings. The minimum atomic E-state index is 0.401. The van der Waals surface area contributed by atoms with Crippen LogP contribution in [0.3, 0.4) is 0 Å². The van der Waals surface area contributed by atoms with Gasteiger partial charge in [-0.05, 0) is 27.7 Å². The zero-order chi connectivity index (χ0) is 11.3. The zero-order valence-electron chi connectivity index (χ0n) is 10.1. The second-order valence-electron chi connectivity index (χ2n) is 3.90. The quantitative estimate of drug-likeness (QED) is 0.732. The van der Waals surface area contributed by atoms with Gasteiger partial charge in [0.2, 0.25) is 5.95 Å². The molecule has 1 heterocycles. The lowest BCUT2D eigenvalue weighted by molar-refractivity contribution is 0.139. The summed E-state index contributed by atoms with van der Waals surface area (Å²) in [5.41, 5.74) is 1.04. The van der Waals surface area contributed by atoms with Crippen LogP contribution in [0.15, 0.2) is 6.20 Å². The second kappa shape index (κ2) is 5.75. The van der Waals surface area contributed by atoms with E-state index in [4.69, 9.17) is 4.74 Å². The van der Waals surface area contributed by atoms with Gasteiger partial charge in [0.05, 0.1) is 12.3 Å². The van der Waals surface area contributed by atoms with Gasteiger partial charge in [-0.15, -0.1) is 0 Å². The minimum Gasteiger partial charge on any atom is -0.380 e. The minimum absolute atomic E-state index is 0.401. The molecule has 0 atom stereocenters. The van der Waals surface area contributed by atoms with E-state index in [-0.39, 0.29) is 0 Å². The maximum absolute atomic E-state index is 5.33. The first-order valence-corrected chi connectivity index (χ1v) is 5.51. The lowest BCUT2D eigenvalue weighted by Crippen LogP contribution is -2.16. The molecule has 0 spiro atoms. The van der Waals surface area contributed by atoms with Crippen LogP contribution in [0, 0.1) is 6.92 Å². The van der Waals surface area contributed by atoms with Gasteiger partial charge in [0, 0.05) is 25.4 Å². The molecule has 4 nitrogen and oxygen atoms in total. The van der Waals surface area contributed by atoms with Crippen LogP contribution in [-0.2, 0) is 11.3 Å². The average molecular weight is 211 g/mol. The van der Waals surface area contributed by atoms with Gasteiger partial charge >= 0.3 is 0 Å². The Morgan fingerprint density at radius 1 is 1.53 bits per heavy atom. The van der Waals surface area contributed by atoms with E-state index < -0.39 is 0 Å². The fraction of sp³-hybridized carbons (Fsp3) is 0.727. The fourth-order valence-electron chi connectivity index (χ4n) is 1.40. The summed E-state index contributed by atoms with van der Waals surface area (Å²) < 4.78 is 7.43. The molecule has 0 aromatic carbocycles. The number of aryl methyl sites for hydroxylation is 1. The molecule has 1 aromatic heterocycles. The molecule has 4 heteroatoms. The van der Waals surface area contributed by atoms with Crippen molar-refractivity contribution >= 4 is 5.95 Å². The standard InChI is InChI=1S/C11H21N3O/c1-5-15-7-6-14-8-10(4)13-11(14)12-9(2)3/h8-9H,5-7H2,1-4H3,(H,12,13). The summed E-state index contributed by atoms with van der Waals surface area (Å²) >= 11 is 0. The smallest absolute Gasteiger partial charge is 0.203 e. The van der Waals surface area contributed by atoms with Crippen molar-refractivity contribution in [1.29, 1.82) is 0 Å². The Labute approximate surface area is 91.7 Å². The Kier molecular flexibility index (Phi) is 4.62. The van der Waals surface area contributed by atoms with Crippen LogP contribution in [0.25, 0.3) is 0 Å². The summed E-state index contributed by atoms with van der Waals surface area (Å²) in [6.07, 6.45) is 2.05. The molecular weight excluding hydrogens is 190 g/mol. The molecule has 86 valence electrons. The number of hydrogen-bond donors (Lipinski definition) is 1. The first-order valence-electron chi connectivity index (χ1n) is 5.51. The molecule has 0 saturated heterocycles. The van der Waals surface area contributed by atoms with E-state index in [1.165, 1.54) is 0 Å². The average Bonchev–Trinajstić information content (AvgIpc) is 2.46. The van der Waals surface area contributed by atoms with Gasteiger partial charge in [0.15, 0.2) is 0 Å². The van der Waals surface area contributed by atoms with Crippen molar-refractivity contribution in [1.82, 2.24) is 9.55 Å². The number of anilines is 1. The van der Waals surface area contributed by atoms with Gasteiger partial charge in [-0.3, -0.25) is 0 Å². The molecular formula is C11H21N3O. The molecule has 0 aliphatic rings. The summed E-state index contributed by atoms with van der Waals surface area (Å²) in [5.74, 6) is 0.933. The van der Waals surface area contributed by atoms with Gasteiger partial charge in [-0.1, -0.05) is 0 Å². The highest BCUT2D eigenvalue weighted by atomic mass is 16.5. The summed E-state index contributed by atoms with van der Waals surface area (Å²) in [6, 6.07) is 0.401. The second-order valence-corrected chi connectivity index (χ2v) is 3.90. The van der Waals surface area contributed by atoms with Crippen LogP contribution in [0.4, 0.5) is 5.95 Å². The van der Waals surface area contributed by atoms with Crippen LogP contribution >= 0.6 is 0 Å². The maximum atomic E-state index is 5.33. The van der Waals surface area contributed by atoms with Gasteiger partial charge < -0.3 is 14.6 Å². The fourth-order valence-corrected chi connectivity index (χ4v) is 1.40. The van der Waals surface area contributed by atoms with E-state index in [2.05, 4.69) is 28.7 Å². The van der Waals surface area contributed by atoms with E-state index in [9.17, 15) is 0 Å². The molecule has 1 N–H and O–H groups in total. The number of hydrogen-bond acceptors (Lipinski definition) is 3. The number of aromatic nitrogens is 2. The van der Waals surface area contributed by atoms with Crippen LogP contribution in [-0.4, -0.2) is 28.8 Å². The lowest BCUT2D eigenvalue weighted by Gasteiger charge is -2.11. The number of nitrogens with zero attached hydrogens (tertiary/aromatic N) is 2. The number of nitrogens with one attached hydrogen (secondary N) is 1. The molecule has 0 bridgehead atoms. The van der Waals surface area contributed by atoms with Crippen molar-refractivity contribution in [2.75, 3.05) is 18.5 Å². The van der Waals surface area contributed by atoms with E-state index in [1.807, 2.05) is 20.0 Å². The maximum Gasteiger partial charge on any atom is 0.203 e. The van der Waals surface area contributed by atoms with Crippen molar-refractivity contribution in [3.63, 3.8) is 0 Å². The monoisotopic (exact) mass is 211 g/mol. The third-order valence-electron chi connectivity index (χ3n) is 2.00. The Balaban J connectivity index is 2.59.